The summed E-state index contributed by atoms with van der Waals surface area (Å²) in [6.45, 7) is 2.63. The summed E-state index contributed by atoms with van der Waals surface area (Å²) in [6.07, 6.45) is 1.82. The van der Waals surface area contributed by atoms with E-state index in [0.29, 0.717) is 18.1 Å². The molecule has 0 saturated heterocycles. The Bertz CT molecular complexity index is 847. The molecule has 0 bridgehead atoms. The van der Waals surface area contributed by atoms with Crippen LogP contribution >= 0.6 is 0 Å². The Morgan fingerprint density at radius 3 is 2.42 bits per heavy atom. The number of rotatable bonds is 7. The van der Waals surface area contributed by atoms with Crippen molar-refractivity contribution in [3.8, 4) is 0 Å². The molecule has 0 saturated carbocycles. The average molecular weight is 346 g/mol. The van der Waals surface area contributed by atoms with Crippen LogP contribution < -0.4 is 10.6 Å². The smallest absolute Gasteiger partial charge is 0.271 e. The van der Waals surface area contributed by atoms with Crippen LogP contribution in [0.25, 0.3) is 0 Å². The van der Waals surface area contributed by atoms with Crippen molar-refractivity contribution in [1.29, 1.82) is 0 Å². The number of nitrogens with one attached hydrogen (secondary N) is 2. The van der Waals surface area contributed by atoms with Crippen LogP contribution in [0, 0.1) is 6.92 Å². The summed E-state index contributed by atoms with van der Waals surface area (Å²) in [5.41, 5.74) is 3.68. The van der Waals surface area contributed by atoms with E-state index in [0.717, 1.165) is 24.1 Å². The number of para-hydroxylation sites is 1. The predicted octanol–water partition coefficient (Wildman–Crippen LogP) is 3.89. The lowest BCUT2D eigenvalue weighted by atomic mass is 10.1. The van der Waals surface area contributed by atoms with Crippen LogP contribution in [-0.2, 0) is 6.42 Å². The van der Waals surface area contributed by atoms with Gasteiger partial charge in [-0.25, -0.2) is 0 Å². The summed E-state index contributed by atoms with van der Waals surface area (Å²) >= 11 is 0. The van der Waals surface area contributed by atoms with Crippen LogP contribution in [-0.4, -0.2) is 22.6 Å². The van der Waals surface area contributed by atoms with Crippen molar-refractivity contribution in [2.75, 3.05) is 11.9 Å². The summed E-state index contributed by atoms with van der Waals surface area (Å²) in [5, 5.41) is 14.2. The van der Waals surface area contributed by atoms with E-state index in [9.17, 15) is 4.79 Å². The topological polar surface area (TPSA) is 66.9 Å². The van der Waals surface area contributed by atoms with E-state index in [1.807, 2.05) is 49.4 Å². The number of hydrogen-bond donors (Lipinski definition) is 2. The number of carbonyl (C=O) groups is 1. The Kier molecular flexibility index (Phi) is 5.93. The largest absolute Gasteiger partial charge is 0.351 e. The fraction of sp³-hybridized carbons (Fsp3) is 0.190. The van der Waals surface area contributed by atoms with E-state index in [-0.39, 0.29) is 5.91 Å². The maximum Gasteiger partial charge on any atom is 0.271 e. The molecular weight excluding hydrogens is 324 g/mol. The van der Waals surface area contributed by atoms with E-state index < -0.39 is 0 Å². The molecule has 1 amide bonds. The molecule has 0 aliphatic carbocycles. The van der Waals surface area contributed by atoms with Gasteiger partial charge in [-0.15, -0.1) is 10.2 Å². The highest BCUT2D eigenvalue weighted by Gasteiger charge is 2.08. The van der Waals surface area contributed by atoms with Crippen molar-refractivity contribution in [3.05, 3.63) is 83.6 Å². The van der Waals surface area contributed by atoms with Crippen LogP contribution in [0.2, 0.25) is 0 Å². The molecule has 5 nitrogen and oxygen atoms in total. The predicted molar refractivity (Wildman–Crippen MR) is 104 cm³/mol. The Balaban J connectivity index is 1.48. The molecule has 0 atom stereocenters. The van der Waals surface area contributed by atoms with Gasteiger partial charge in [0, 0.05) is 12.2 Å². The van der Waals surface area contributed by atoms with Crippen molar-refractivity contribution < 1.29 is 4.79 Å². The number of carbonyl (C=O) groups excluding carboxylic acids is 1. The number of benzene rings is 2. The lowest BCUT2D eigenvalue weighted by Crippen LogP contribution is -2.26. The zero-order chi connectivity index (χ0) is 18.2. The van der Waals surface area contributed by atoms with Gasteiger partial charge in [0.05, 0.1) is 0 Å². The van der Waals surface area contributed by atoms with E-state index in [1.54, 1.807) is 12.1 Å². The van der Waals surface area contributed by atoms with Gasteiger partial charge in [0.2, 0.25) is 0 Å². The minimum Gasteiger partial charge on any atom is -0.351 e. The Hall–Kier alpha value is -3.21. The first-order valence-corrected chi connectivity index (χ1v) is 8.71. The van der Waals surface area contributed by atoms with Crippen molar-refractivity contribution in [3.63, 3.8) is 0 Å². The van der Waals surface area contributed by atoms with Gasteiger partial charge in [-0.2, -0.15) is 0 Å². The minimum atomic E-state index is -0.201. The van der Waals surface area contributed by atoms with Crippen LogP contribution in [0.5, 0.6) is 0 Å². The zero-order valence-corrected chi connectivity index (χ0v) is 14.8. The highest BCUT2D eigenvalue weighted by molar-refractivity contribution is 5.92. The molecule has 2 aromatic carbocycles. The first-order valence-electron chi connectivity index (χ1n) is 8.71. The molecule has 0 fully saturated rings. The van der Waals surface area contributed by atoms with Gasteiger partial charge in [-0.1, -0.05) is 48.5 Å². The molecule has 1 aromatic heterocycles. The molecule has 3 aromatic rings. The van der Waals surface area contributed by atoms with E-state index in [2.05, 4.69) is 33.0 Å². The molecule has 1 heterocycles. The number of hydrogen-bond acceptors (Lipinski definition) is 4. The Morgan fingerprint density at radius 1 is 0.923 bits per heavy atom. The number of anilines is 2. The number of amides is 1. The van der Waals surface area contributed by atoms with Gasteiger partial charge in [-0.3, -0.25) is 4.79 Å². The van der Waals surface area contributed by atoms with Crippen LogP contribution in [0.1, 0.15) is 28.0 Å². The van der Waals surface area contributed by atoms with Crippen molar-refractivity contribution >= 4 is 17.4 Å². The molecule has 0 aliphatic heterocycles. The number of aryl methyl sites for hydroxylation is 2. The molecule has 5 heteroatoms. The van der Waals surface area contributed by atoms with E-state index >= 15 is 0 Å². The summed E-state index contributed by atoms with van der Waals surface area (Å²) in [6, 6.07) is 21.6. The second-order valence-electron chi connectivity index (χ2n) is 6.09. The maximum absolute atomic E-state index is 12.1. The molecule has 26 heavy (non-hydrogen) atoms. The summed E-state index contributed by atoms with van der Waals surface area (Å²) < 4.78 is 0. The third kappa shape index (κ3) is 4.89. The molecule has 0 spiro atoms. The summed E-state index contributed by atoms with van der Waals surface area (Å²) in [7, 11) is 0. The monoisotopic (exact) mass is 346 g/mol. The van der Waals surface area contributed by atoms with Gasteiger partial charge in [-0.05, 0) is 49.1 Å². The minimum absolute atomic E-state index is 0.201. The van der Waals surface area contributed by atoms with E-state index in [1.165, 1.54) is 5.56 Å². The molecule has 2 N–H and O–H groups in total. The normalized spacial score (nSPS) is 10.3. The second kappa shape index (κ2) is 8.76. The fourth-order valence-electron chi connectivity index (χ4n) is 2.60. The second-order valence-corrected chi connectivity index (χ2v) is 6.09. The quantitative estimate of drug-likeness (QED) is 0.637. The van der Waals surface area contributed by atoms with Crippen molar-refractivity contribution in [2.45, 2.75) is 19.8 Å². The van der Waals surface area contributed by atoms with Crippen LogP contribution in [0.3, 0.4) is 0 Å². The van der Waals surface area contributed by atoms with Crippen LogP contribution in [0.4, 0.5) is 11.5 Å². The fourth-order valence-corrected chi connectivity index (χ4v) is 2.60. The number of aromatic nitrogens is 2. The highest BCUT2D eigenvalue weighted by Crippen LogP contribution is 2.17. The Morgan fingerprint density at radius 2 is 1.69 bits per heavy atom. The maximum atomic E-state index is 12.1. The first-order chi connectivity index (χ1) is 12.7. The van der Waals surface area contributed by atoms with Crippen molar-refractivity contribution in [2.24, 2.45) is 0 Å². The van der Waals surface area contributed by atoms with E-state index in [4.69, 9.17) is 0 Å². The van der Waals surface area contributed by atoms with Crippen LogP contribution in [0.15, 0.2) is 66.7 Å². The first kappa shape index (κ1) is 17.6. The lowest BCUT2D eigenvalue weighted by Gasteiger charge is -2.08. The summed E-state index contributed by atoms with van der Waals surface area (Å²) in [5.74, 6) is 0.410. The number of nitrogens with zero attached hydrogens (tertiary/aromatic N) is 2. The SMILES string of the molecule is Cc1ccccc1Nc1ccc(C(=O)NCCCc2ccccc2)nn1. The average Bonchev–Trinajstić information content (AvgIpc) is 2.68. The van der Waals surface area contributed by atoms with Gasteiger partial charge < -0.3 is 10.6 Å². The Labute approximate surface area is 153 Å². The van der Waals surface area contributed by atoms with Gasteiger partial charge in [0.15, 0.2) is 11.5 Å². The molecule has 0 unspecified atom stereocenters. The molecule has 132 valence electrons. The third-order valence-electron chi connectivity index (χ3n) is 4.08. The van der Waals surface area contributed by atoms with Gasteiger partial charge >= 0.3 is 0 Å². The zero-order valence-electron chi connectivity index (χ0n) is 14.8. The molecule has 3 rings (SSSR count). The van der Waals surface area contributed by atoms with Gasteiger partial charge in [0.1, 0.15) is 0 Å². The molecular formula is C21H22N4O. The lowest BCUT2D eigenvalue weighted by molar-refractivity contribution is 0.0947. The molecule has 0 aliphatic rings. The van der Waals surface area contributed by atoms with Crippen molar-refractivity contribution in [1.82, 2.24) is 15.5 Å². The van der Waals surface area contributed by atoms with Gasteiger partial charge in [0.25, 0.3) is 5.91 Å². The third-order valence-corrected chi connectivity index (χ3v) is 4.08. The molecule has 0 radical (unpaired) electrons. The highest BCUT2D eigenvalue weighted by atomic mass is 16.1. The standard InChI is InChI=1S/C21H22N4O/c1-16-8-5-6-12-18(16)23-20-14-13-19(24-25-20)21(26)22-15-7-11-17-9-3-2-4-10-17/h2-6,8-10,12-14H,7,11,15H2,1H3,(H,22,26)(H,23,25). The summed E-state index contributed by atoms with van der Waals surface area (Å²) in [4.78, 5) is 12.1.